The van der Waals surface area contributed by atoms with Crippen LogP contribution in [0, 0.1) is 11.3 Å². The van der Waals surface area contributed by atoms with E-state index >= 15 is 0 Å². The zero-order valence-corrected chi connectivity index (χ0v) is 13.9. The molecule has 0 heterocycles. The lowest BCUT2D eigenvalue weighted by molar-refractivity contribution is -0.148. The maximum absolute atomic E-state index is 11.8. The van der Waals surface area contributed by atoms with Gasteiger partial charge in [0.25, 0.3) is 0 Å². The first-order chi connectivity index (χ1) is 9.65. The van der Waals surface area contributed by atoms with Gasteiger partial charge in [0, 0.05) is 11.8 Å². The molecule has 1 aliphatic rings. The number of ether oxygens (including phenoxy) is 1. The van der Waals surface area contributed by atoms with Gasteiger partial charge in [-0.25, -0.2) is 0 Å². The van der Waals surface area contributed by atoms with Crippen molar-refractivity contribution >= 4 is 5.97 Å². The van der Waals surface area contributed by atoms with Crippen molar-refractivity contribution in [2.75, 3.05) is 6.61 Å². The highest BCUT2D eigenvalue weighted by molar-refractivity contribution is 5.69. The summed E-state index contributed by atoms with van der Waals surface area (Å²) < 4.78 is 5.60. The molecule has 0 spiro atoms. The third kappa shape index (κ3) is 5.85. The number of carbonyl (C=O) groups excluding carboxylic acids is 1. The Bertz CT molecular complexity index is 265. The molecular weight excluding hydrogens is 248 g/mol. The molecule has 1 saturated carbocycles. The maximum atomic E-state index is 11.8. The Morgan fingerprint density at radius 1 is 1.10 bits per heavy atom. The molecule has 0 aromatic heterocycles. The van der Waals surface area contributed by atoms with Crippen LogP contribution in [0.5, 0.6) is 0 Å². The molecule has 118 valence electrons. The van der Waals surface area contributed by atoms with Crippen LogP contribution in [0.25, 0.3) is 0 Å². The van der Waals surface area contributed by atoms with E-state index in [1.807, 2.05) is 0 Å². The summed E-state index contributed by atoms with van der Waals surface area (Å²) in [6, 6.07) is 0. The lowest BCUT2D eigenvalue weighted by Crippen LogP contribution is -2.31. The van der Waals surface area contributed by atoms with Gasteiger partial charge in [0.1, 0.15) is 0 Å². The van der Waals surface area contributed by atoms with Crippen LogP contribution in [0.1, 0.15) is 91.4 Å². The summed E-state index contributed by atoms with van der Waals surface area (Å²) in [7, 11) is 0. The van der Waals surface area contributed by atoms with Crippen LogP contribution in [-0.4, -0.2) is 12.6 Å². The van der Waals surface area contributed by atoms with Crippen LogP contribution in [-0.2, 0) is 9.53 Å². The highest BCUT2D eigenvalue weighted by Crippen LogP contribution is 2.41. The first-order valence-corrected chi connectivity index (χ1v) is 8.81. The molecule has 0 N–H and O–H groups in total. The zero-order chi connectivity index (χ0) is 14.8. The topological polar surface area (TPSA) is 26.3 Å². The van der Waals surface area contributed by atoms with E-state index in [1.54, 1.807) is 0 Å². The molecule has 0 amide bonds. The molecule has 0 aliphatic heterocycles. The fourth-order valence-corrected chi connectivity index (χ4v) is 3.11. The third-order valence-corrected chi connectivity index (χ3v) is 5.22. The van der Waals surface area contributed by atoms with Crippen molar-refractivity contribution in [1.82, 2.24) is 0 Å². The van der Waals surface area contributed by atoms with E-state index in [0.717, 1.165) is 31.6 Å². The Kier molecular flexibility index (Phi) is 8.25. The molecule has 0 aromatic carbocycles. The largest absolute Gasteiger partial charge is 0.465 e. The Morgan fingerprint density at radius 3 is 2.30 bits per heavy atom. The molecule has 1 aliphatic carbocycles. The fraction of sp³-hybridized carbons (Fsp3) is 0.944. The summed E-state index contributed by atoms with van der Waals surface area (Å²) in [6.07, 6.45) is 12.8. The molecule has 2 nitrogen and oxygen atoms in total. The Labute approximate surface area is 125 Å². The standard InChI is InChI=1S/C18H34O2/c1-4-7-8-9-13-17(19)20-15-18(5-2,6-3)14-16-11-10-12-16/h16H,4-15H2,1-3H3. The first-order valence-electron chi connectivity index (χ1n) is 8.81. The summed E-state index contributed by atoms with van der Waals surface area (Å²) >= 11 is 0. The zero-order valence-electron chi connectivity index (χ0n) is 13.9. The van der Waals surface area contributed by atoms with Crippen molar-refractivity contribution in [2.45, 2.75) is 91.4 Å². The van der Waals surface area contributed by atoms with Crippen LogP contribution < -0.4 is 0 Å². The molecular formula is C18H34O2. The summed E-state index contributed by atoms with van der Waals surface area (Å²) in [6.45, 7) is 7.33. The van der Waals surface area contributed by atoms with Gasteiger partial charge >= 0.3 is 5.97 Å². The summed E-state index contributed by atoms with van der Waals surface area (Å²) in [5.41, 5.74) is 0.240. The summed E-state index contributed by atoms with van der Waals surface area (Å²) in [5.74, 6) is 0.902. The summed E-state index contributed by atoms with van der Waals surface area (Å²) in [5, 5.41) is 0. The minimum atomic E-state index is 0.0148. The van der Waals surface area contributed by atoms with Gasteiger partial charge in [0.05, 0.1) is 6.61 Å². The van der Waals surface area contributed by atoms with Crippen molar-refractivity contribution in [3.63, 3.8) is 0 Å². The molecule has 0 saturated heterocycles. The molecule has 0 aromatic rings. The molecule has 2 heteroatoms. The highest BCUT2D eigenvalue weighted by atomic mass is 16.5. The van der Waals surface area contributed by atoms with E-state index in [-0.39, 0.29) is 11.4 Å². The fourth-order valence-electron chi connectivity index (χ4n) is 3.11. The average Bonchev–Trinajstić information content (AvgIpc) is 2.43. The molecule has 20 heavy (non-hydrogen) atoms. The molecule has 0 atom stereocenters. The Hall–Kier alpha value is -0.530. The lowest BCUT2D eigenvalue weighted by atomic mass is 9.69. The molecule has 1 fully saturated rings. The van der Waals surface area contributed by atoms with Crippen LogP contribution in [0.15, 0.2) is 0 Å². The molecule has 0 unspecified atom stereocenters. The second-order valence-electron chi connectivity index (χ2n) is 6.68. The normalized spacial score (nSPS) is 15.9. The second kappa shape index (κ2) is 9.41. The quantitative estimate of drug-likeness (QED) is 0.369. The van der Waals surface area contributed by atoms with Crippen LogP contribution in [0.3, 0.4) is 0 Å². The van der Waals surface area contributed by atoms with Crippen molar-refractivity contribution in [1.29, 1.82) is 0 Å². The minimum absolute atomic E-state index is 0.0148. The summed E-state index contributed by atoms with van der Waals surface area (Å²) in [4.78, 5) is 11.8. The highest BCUT2D eigenvalue weighted by Gasteiger charge is 2.33. The molecule has 0 bridgehead atoms. The van der Waals surface area contributed by atoms with Crippen molar-refractivity contribution < 1.29 is 9.53 Å². The van der Waals surface area contributed by atoms with E-state index in [1.165, 1.54) is 38.5 Å². The van der Waals surface area contributed by atoms with Crippen molar-refractivity contribution in [3.05, 3.63) is 0 Å². The van der Waals surface area contributed by atoms with Crippen molar-refractivity contribution in [2.24, 2.45) is 11.3 Å². The minimum Gasteiger partial charge on any atom is -0.465 e. The van der Waals surface area contributed by atoms with Gasteiger partial charge in [-0.15, -0.1) is 0 Å². The Balaban J connectivity index is 2.28. The SMILES string of the molecule is CCCCCCC(=O)OCC(CC)(CC)CC1CCC1. The van der Waals surface area contributed by atoms with E-state index in [0.29, 0.717) is 13.0 Å². The van der Waals surface area contributed by atoms with Crippen LogP contribution in [0.2, 0.25) is 0 Å². The Morgan fingerprint density at radius 2 is 1.80 bits per heavy atom. The number of hydrogen-bond donors (Lipinski definition) is 0. The number of hydrogen-bond acceptors (Lipinski definition) is 2. The monoisotopic (exact) mass is 282 g/mol. The number of unbranched alkanes of at least 4 members (excludes halogenated alkanes) is 3. The van der Waals surface area contributed by atoms with Gasteiger partial charge < -0.3 is 4.74 Å². The number of carbonyl (C=O) groups is 1. The van der Waals surface area contributed by atoms with Gasteiger partial charge in [0.15, 0.2) is 0 Å². The van der Waals surface area contributed by atoms with Gasteiger partial charge in [-0.05, 0) is 31.6 Å². The second-order valence-corrected chi connectivity index (χ2v) is 6.68. The van der Waals surface area contributed by atoms with E-state index in [4.69, 9.17) is 4.74 Å². The third-order valence-electron chi connectivity index (χ3n) is 5.22. The average molecular weight is 282 g/mol. The smallest absolute Gasteiger partial charge is 0.305 e. The van der Waals surface area contributed by atoms with Crippen molar-refractivity contribution in [3.8, 4) is 0 Å². The molecule has 0 radical (unpaired) electrons. The van der Waals surface area contributed by atoms with Gasteiger partial charge in [-0.2, -0.15) is 0 Å². The first kappa shape index (κ1) is 17.5. The van der Waals surface area contributed by atoms with Gasteiger partial charge in [0.2, 0.25) is 0 Å². The van der Waals surface area contributed by atoms with E-state index in [9.17, 15) is 4.79 Å². The predicted octanol–water partition coefficient (Wildman–Crippen LogP) is 5.50. The van der Waals surface area contributed by atoms with E-state index < -0.39 is 0 Å². The lowest BCUT2D eigenvalue weighted by Gasteiger charge is -2.38. The van der Waals surface area contributed by atoms with Gasteiger partial charge in [-0.3, -0.25) is 4.79 Å². The van der Waals surface area contributed by atoms with Crippen LogP contribution >= 0.6 is 0 Å². The maximum Gasteiger partial charge on any atom is 0.305 e. The van der Waals surface area contributed by atoms with E-state index in [2.05, 4.69) is 20.8 Å². The number of esters is 1. The van der Waals surface area contributed by atoms with Gasteiger partial charge in [-0.1, -0.05) is 59.3 Å². The predicted molar refractivity (Wildman–Crippen MR) is 84.7 cm³/mol. The van der Waals surface area contributed by atoms with Crippen LogP contribution in [0.4, 0.5) is 0 Å². The molecule has 1 rings (SSSR count). The number of rotatable bonds is 11.